The lowest BCUT2D eigenvalue weighted by molar-refractivity contribution is -0.0395. The topological polar surface area (TPSA) is 21.3 Å². The fourth-order valence-corrected chi connectivity index (χ4v) is 3.10. The molecule has 3 atom stereocenters. The van der Waals surface area contributed by atoms with Crippen molar-refractivity contribution >= 4 is 0 Å². The second kappa shape index (κ2) is 8.50. The van der Waals surface area contributed by atoms with E-state index in [1.165, 1.54) is 18.9 Å². The minimum absolute atomic E-state index is 0.0532. The first-order valence-electron chi connectivity index (χ1n) is 8.30. The fraction of sp³-hybridized carbons (Fsp3) is 0.667. The Balaban J connectivity index is 2.00. The lowest BCUT2D eigenvalue weighted by atomic mass is 9.88. The Kier molecular flexibility index (Phi) is 6.65. The summed E-state index contributed by atoms with van der Waals surface area (Å²) in [7, 11) is 0. The van der Waals surface area contributed by atoms with Crippen molar-refractivity contribution in [2.24, 2.45) is 5.92 Å². The molecule has 2 rings (SSSR count). The van der Waals surface area contributed by atoms with Gasteiger partial charge < -0.3 is 10.1 Å². The van der Waals surface area contributed by atoms with Gasteiger partial charge in [-0.25, -0.2) is 4.39 Å². The molecule has 3 heteroatoms. The van der Waals surface area contributed by atoms with Crippen LogP contribution >= 0.6 is 0 Å². The molecule has 0 spiro atoms. The monoisotopic (exact) mass is 293 g/mol. The van der Waals surface area contributed by atoms with E-state index in [1.807, 2.05) is 6.07 Å². The van der Waals surface area contributed by atoms with Crippen molar-refractivity contribution in [3.8, 4) is 0 Å². The van der Waals surface area contributed by atoms with Crippen LogP contribution in [0.2, 0.25) is 0 Å². The number of halogens is 1. The van der Waals surface area contributed by atoms with Gasteiger partial charge in [-0.15, -0.1) is 0 Å². The summed E-state index contributed by atoms with van der Waals surface area (Å²) in [6.07, 6.45) is 6.15. The van der Waals surface area contributed by atoms with E-state index in [9.17, 15) is 4.39 Å². The maximum absolute atomic E-state index is 13.5. The smallest absolute Gasteiger partial charge is 0.123 e. The summed E-state index contributed by atoms with van der Waals surface area (Å²) in [5.41, 5.74) is 0.942. The Labute approximate surface area is 128 Å². The van der Waals surface area contributed by atoms with Gasteiger partial charge in [0, 0.05) is 6.54 Å². The van der Waals surface area contributed by atoms with E-state index < -0.39 is 0 Å². The Morgan fingerprint density at radius 2 is 2.24 bits per heavy atom. The van der Waals surface area contributed by atoms with E-state index in [0.29, 0.717) is 6.10 Å². The molecule has 1 saturated carbocycles. The van der Waals surface area contributed by atoms with Crippen LogP contribution in [0.15, 0.2) is 24.3 Å². The van der Waals surface area contributed by atoms with Crippen LogP contribution in [0.4, 0.5) is 4.39 Å². The van der Waals surface area contributed by atoms with E-state index in [0.717, 1.165) is 43.8 Å². The second-order valence-corrected chi connectivity index (χ2v) is 6.28. The maximum atomic E-state index is 13.5. The highest BCUT2D eigenvalue weighted by Crippen LogP contribution is 2.30. The van der Waals surface area contributed by atoms with Crippen LogP contribution in [0.1, 0.15) is 57.6 Å². The molecule has 1 N–H and O–H groups in total. The van der Waals surface area contributed by atoms with Crippen LogP contribution < -0.4 is 5.32 Å². The summed E-state index contributed by atoms with van der Waals surface area (Å²) >= 11 is 0. The van der Waals surface area contributed by atoms with E-state index in [2.05, 4.69) is 19.2 Å². The predicted octanol–water partition coefficient (Wildman–Crippen LogP) is 4.46. The van der Waals surface area contributed by atoms with Gasteiger partial charge in [-0.2, -0.15) is 0 Å². The van der Waals surface area contributed by atoms with Gasteiger partial charge in [-0.3, -0.25) is 0 Å². The SMILES string of the molecule is CCCNCC(OC1CCCC(C)C1)c1cccc(F)c1. The normalized spacial score (nSPS) is 24.0. The minimum Gasteiger partial charge on any atom is -0.369 e. The molecule has 118 valence electrons. The van der Waals surface area contributed by atoms with E-state index in [1.54, 1.807) is 12.1 Å². The average molecular weight is 293 g/mol. The Morgan fingerprint density at radius 1 is 1.38 bits per heavy atom. The highest BCUT2D eigenvalue weighted by molar-refractivity contribution is 5.19. The zero-order valence-electron chi connectivity index (χ0n) is 13.3. The van der Waals surface area contributed by atoms with Crippen molar-refractivity contribution in [1.29, 1.82) is 0 Å². The van der Waals surface area contributed by atoms with Crippen LogP contribution in [-0.4, -0.2) is 19.2 Å². The summed E-state index contributed by atoms with van der Waals surface area (Å²) in [6, 6.07) is 6.82. The summed E-state index contributed by atoms with van der Waals surface area (Å²) in [4.78, 5) is 0. The fourth-order valence-electron chi connectivity index (χ4n) is 3.10. The maximum Gasteiger partial charge on any atom is 0.123 e. The van der Waals surface area contributed by atoms with Gasteiger partial charge in [0.2, 0.25) is 0 Å². The standard InChI is InChI=1S/C18H28FNO/c1-3-10-20-13-18(15-7-5-8-16(19)12-15)21-17-9-4-6-14(2)11-17/h5,7-8,12,14,17-18,20H,3-4,6,9-11,13H2,1-2H3. The van der Waals surface area contributed by atoms with Gasteiger partial charge >= 0.3 is 0 Å². The number of ether oxygens (including phenoxy) is 1. The number of hydrogen-bond acceptors (Lipinski definition) is 2. The molecule has 2 nitrogen and oxygen atoms in total. The number of nitrogens with one attached hydrogen (secondary N) is 1. The lowest BCUT2D eigenvalue weighted by Gasteiger charge is -2.31. The van der Waals surface area contributed by atoms with Crippen LogP contribution in [0.3, 0.4) is 0 Å². The molecule has 1 aromatic rings. The number of hydrogen-bond donors (Lipinski definition) is 1. The van der Waals surface area contributed by atoms with Gasteiger partial charge in [-0.05, 0) is 49.4 Å². The quantitative estimate of drug-likeness (QED) is 0.749. The summed E-state index contributed by atoms with van der Waals surface area (Å²) in [6.45, 7) is 6.16. The first kappa shape index (κ1) is 16.4. The molecule has 21 heavy (non-hydrogen) atoms. The Hall–Kier alpha value is -0.930. The molecule has 0 radical (unpaired) electrons. The molecule has 1 aromatic carbocycles. The Bertz CT molecular complexity index is 423. The third-order valence-electron chi connectivity index (χ3n) is 4.22. The molecule has 0 amide bonds. The Morgan fingerprint density at radius 3 is 2.95 bits per heavy atom. The molecule has 0 saturated heterocycles. The zero-order valence-corrected chi connectivity index (χ0v) is 13.3. The van der Waals surface area contributed by atoms with Crippen molar-refractivity contribution in [3.05, 3.63) is 35.6 Å². The number of rotatable bonds is 7. The third kappa shape index (κ3) is 5.40. The van der Waals surface area contributed by atoms with Crippen LogP contribution in [0.25, 0.3) is 0 Å². The first-order valence-corrected chi connectivity index (χ1v) is 8.30. The molecule has 1 aliphatic rings. The zero-order chi connectivity index (χ0) is 15.1. The predicted molar refractivity (Wildman–Crippen MR) is 84.8 cm³/mol. The van der Waals surface area contributed by atoms with Gasteiger partial charge in [0.25, 0.3) is 0 Å². The van der Waals surface area contributed by atoms with Crippen molar-refractivity contribution in [1.82, 2.24) is 5.32 Å². The van der Waals surface area contributed by atoms with Crippen molar-refractivity contribution < 1.29 is 9.13 Å². The summed E-state index contributed by atoms with van der Waals surface area (Å²) in [5.74, 6) is 0.550. The highest BCUT2D eigenvalue weighted by Gasteiger charge is 2.23. The van der Waals surface area contributed by atoms with E-state index in [-0.39, 0.29) is 11.9 Å². The molecule has 1 fully saturated rings. The molecule has 3 unspecified atom stereocenters. The minimum atomic E-state index is -0.186. The van der Waals surface area contributed by atoms with Gasteiger partial charge in [-0.1, -0.05) is 38.8 Å². The molecule has 0 aliphatic heterocycles. The molecule has 1 aliphatic carbocycles. The third-order valence-corrected chi connectivity index (χ3v) is 4.22. The van der Waals surface area contributed by atoms with Crippen LogP contribution in [0, 0.1) is 11.7 Å². The summed E-state index contributed by atoms with van der Waals surface area (Å²) < 4.78 is 19.8. The summed E-state index contributed by atoms with van der Waals surface area (Å²) in [5, 5.41) is 3.41. The van der Waals surface area contributed by atoms with Gasteiger partial charge in [0.15, 0.2) is 0 Å². The van der Waals surface area contributed by atoms with Gasteiger partial charge in [0.05, 0.1) is 12.2 Å². The second-order valence-electron chi connectivity index (χ2n) is 6.28. The van der Waals surface area contributed by atoms with Crippen molar-refractivity contribution in [2.75, 3.05) is 13.1 Å². The van der Waals surface area contributed by atoms with Gasteiger partial charge in [0.1, 0.15) is 5.82 Å². The van der Waals surface area contributed by atoms with E-state index in [4.69, 9.17) is 4.74 Å². The average Bonchev–Trinajstić information content (AvgIpc) is 2.46. The van der Waals surface area contributed by atoms with Crippen molar-refractivity contribution in [3.63, 3.8) is 0 Å². The molecule has 0 bridgehead atoms. The largest absolute Gasteiger partial charge is 0.369 e. The molecular formula is C18H28FNO. The number of benzene rings is 1. The first-order chi connectivity index (χ1) is 10.2. The van der Waals surface area contributed by atoms with Crippen molar-refractivity contribution in [2.45, 2.75) is 58.2 Å². The lowest BCUT2D eigenvalue weighted by Crippen LogP contribution is -2.29. The van der Waals surface area contributed by atoms with E-state index >= 15 is 0 Å². The van der Waals surface area contributed by atoms with Crippen LogP contribution in [0.5, 0.6) is 0 Å². The molecule has 0 heterocycles. The molecular weight excluding hydrogens is 265 g/mol. The molecule has 0 aromatic heterocycles. The van der Waals surface area contributed by atoms with Crippen LogP contribution in [-0.2, 0) is 4.74 Å². The highest BCUT2D eigenvalue weighted by atomic mass is 19.1.